The van der Waals surface area contributed by atoms with Gasteiger partial charge in [0.2, 0.25) is 0 Å². The van der Waals surface area contributed by atoms with Crippen LogP contribution in [0.25, 0.3) is 5.57 Å². The van der Waals surface area contributed by atoms with E-state index >= 15 is 0 Å². The van der Waals surface area contributed by atoms with Gasteiger partial charge in [-0.25, -0.2) is 0 Å². The predicted molar refractivity (Wildman–Crippen MR) is 116 cm³/mol. The highest BCUT2D eigenvalue weighted by atomic mass is 16.5. The Hall–Kier alpha value is -2.42. The van der Waals surface area contributed by atoms with E-state index in [1.165, 1.54) is 16.8 Å². The van der Waals surface area contributed by atoms with Gasteiger partial charge in [0.05, 0.1) is 12.1 Å². The highest BCUT2D eigenvalue weighted by Crippen LogP contribution is 2.35. The second kappa shape index (κ2) is 8.08. The summed E-state index contributed by atoms with van der Waals surface area (Å²) in [6, 6.07) is 13.7. The summed E-state index contributed by atoms with van der Waals surface area (Å²) in [5.74, 6) is 1.33. The quantitative estimate of drug-likeness (QED) is 0.647. The van der Waals surface area contributed by atoms with E-state index in [0.29, 0.717) is 12.4 Å². The van der Waals surface area contributed by atoms with E-state index in [1.54, 1.807) is 6.07 Å². The summed E-state index contributed by atoms with van der Waals surface area (Å²) in [4.78, 5) is 0. The minimum absolute atomic E-state index is 0.0320. The Morgan fingerprint density at radius 2 is 1.74 bits per heavy atom. The van der Waals surface area contributed by atoms with E-state index in [-0.39, 0.29) is 11.0 Å². The molecule has 0 aromatic heterocycles. The van der Waals surface area contributed by atoms with Crippen molar-refractivity contribution in [2.75, 3.05) is 11.9 Å². The summed E-state index contributed by atoms with van der Waals surface area (Å²) >= 11 is 0. The number of anilines is 1. The lowest BCUT2D eigenvalue weighted by atomic mass is 9.86. The molecule has 0 bridgehead atoms. The van der Waals surface area contributed by atoms with Crippen LogP contribution in [0.4, 0.5) is 5.69 Å². The summed E-state index contributed by atoms with van der Waals surface area (Å²) in [7, 11) is 0. The highest BCUT2D eigenvalue weighted by Gasteiger charge is 2.22. The van der Waals surface area contributed by atoms with Crippen LogP contribution in [0.2, 0.25) is 0 Å². The first kappa shape index (κ1) is 20.9. The first-order valence-electron chi connectivity index (χ1n) is 9.57. The molecule has 146 valence electrons. The number of phenolic OH excluding ortho intramolecular Hbond substituents is 1. The molecule has 0 aliphatic carbocycles. The van der Waals surface area contributed by atoms with E-state index in [2.05, 4.69) is 65.1 Å². The van der Waals surface area contributed by atoms with Crippen LogP contribution >= 0.6 is 0 Å². The maximum Gasteiger partial charge on any atom is 0.120 e. The van der Waals surface area contributed by atoms with Crippen LogP contribution in [-0.4, -0.2) is 17.3 Å². The van der Waals surface area contributed by atoms with E-state index < -0.39 is 0 Å². The van der Waals surface area contributed by atoms with Crippen molar-refractivity contribution in [3.05, 3.63) is 59.7 Å². The summed E-state index contributed by atoms with van der Waals surface area (Å²) in [5, 5.41) is 13.0. The Labute approximate surface area is 164 Å². The largest absolute Gasteiger partial charge is 0.508 e. The van der Waals surface area contributed by atoms with Crippen molar-refractivity contribution in [1.82, 2.24) is 0 Å². The average molecular weight is 368 g/mol. The van der Waals surface area contributed by atoms with E-state index in [4.69, 9.17) is 4.74 Å². The molecule has 0 saturated heterocycles. The van der Waals surface area contributed by atoms with Crippen LogP contribution in [0, 0.1) is 0 Å². The van der Waals surface area contributed by atoms with Crippen molar-refractivity contribution < 1.29 is 9.84 Å². The third kappa shape index (κ3) is 5.53. The third-order valence-electron chi connectivity index (χ3n) is 4.47. The summed E-state index contributed by atoms with van der Waals surface area (Å²) in [6.07, 6.45) is 2.26. The summed E-state index contributed by atoms with van der Waals surface area (Å²) < 4.78 is 5.52. The summed E-state index contributed by atoms with van der Waals surface area (Å²) in [6.45, 7) is 15.5. The van der Waals surface area contributed by atoms with Crippen LogP contribution < -0.4 is 10.1 Å². The van der Waals surface area contributed by atoms with Gasteiger partial charge in [-0.1, -0.05) is 45.0 Å². The second-order valence-corrected chi connectivity index (χ2v) is 8.58. The van der Waals surface area contributed by atoms with Crippen molar-refractivity contribution in [3.63, 3.8) is 0 Å². The van der Waals surface area contributed by atoms with Crippen LogP contribution in [0.5, 0.6) is 11.5 Å². The maximum absolute atomic E-state index is 9.45. The molecule has 0 radical (unpaired) electrons. The number of hydrogen-bond acceptors (Lipinski definition) is 3. The lowest BCUT2D eigenvalue weighted by Gasteiger charge is -2.31. The summed E-state index contributed by atoms with van der Waals surface area (Å²) in [5.41, 5.74) is 4.80. The molecule has 27 heavy (non-hydrogen) atoms. The maximum atomic E-state index is 9.45. The van der Waals surface area contributed by atoms with Crippen molar-refractivity contribution in [2.45, 2.75) is 59.4 Å². The molecule has 1 aliphatic rings. The monoisotopic (exact) mass is 367 g/mol. The number of fused-ring (bicyclic) bond motifs is 1. The number of nitrogens with one attached hydrogen (secondary N) is 1. The van der Waals surface area contributed by atoms with Crippen molar-refractivity contribution in [1.29, 1.82) is 0 Å². The molecule has 0 fully saturated rings. The molecule has 2 aromatic rings. The number of phenols is 1. The Morgan fingerprint density at radius 1 is 1.07 bits per heavy atom. The van der Waals surface area contributed by atoms with E-state index in [1.807, 2.05) is 31.2 Å². The number of aromatic hydroxyl groups is 1. The Morgan fingerprint density at radius 3 is 2.30 bits per heavy atom. The smallest absolute Gasteiger partial charge is 0.120 e. The van der Waals surface area contributed by atoms with Gasteiger partial charge in [0.1, 0.15) is 11.5 Å². The van der Waals surface area contributed by atoms with Gasteiger partial charge < -0.3 is 15.2 Å². The van der Waals surface area contributed by atoms with Gasteiger partial charge in [0, 0.05) is 11.3 Å². The van der Waals surface area contributed by atoms with Gasteiger partial charge in [0.15, 0.2) is 0 Å². The van der Waals surface area contributed by atoms with Gasteiger partial charge in [0.25, 0.3) is 0 Å². The predicted octanol–water partition coefficient (Wildman–Crippen LogP) is 6.38. The molecule has 0 atom stereocenters. The third-order valence-corrected chi connectivity index (χ3v) is 4.47. The number of para-hydroxylation sites is 1. The van der Waals surface area contributed by atoms with Gasteiger partial charge in [-0.3, -0.25) is 0 Å². The SMILES string of the molecule is CC(C)(C)c1ccccc1O.CCOc1ccc2c(c1)C(C)=CC(C)(C)N2. The van der Waals surface area contributed by atoms with Crippen molar-refractivity contribution >= 4 is 11.3 Å². The second-order valence-electron chi connectivity index (χ2n) is 8.58. The Kier molecular flexibility index (Phi) is 6.25. The lowest BCUT2D eigenvalue weighted by molar-refractivity contribution is 0.340. The first-order valence-corrected chi connectivity index (χ1v) is 9.57. The van der Waals surface area contributed by atoms with E-state index in [9.17, 15) is 5.11 Å². The van der Waals surface area contributed by atoms with Crippen molar-refractivity contribution in [2.24, 2.45) is 0 Å². The Bertz CT molecular complexity index is 813. The molecule has 0 unspecified atom stereocenters. The van der Waals surface area contributed by atoms with Gasteiger partial charge in [-0.15, -0.1) is 0 Å². The normalized spacial score (nSPS) is 14.9. The first-order chi connectivity index (χ1) is 12.5. The van der Waals surface area contributed by atoms with Gasteiger partial charge in [-0.2, -0.15) is 0 Å². The molecule has 0 spiro atoms. The molecular formula is C24H33NO2. The van der Waals surface area contributed by atoms with Crippen LogP contribution in [-0.2, 0) is 5.41 Å². The molecule has 3 nitrogen and oxygen atoms in total. The minimum atomic E-state index is 0.0320. The molecule has 0 saturated carbocycles. The molecule has 2 N–H and O–H groups in total. The number of rotatable bonds is 2. The zero-order valence-corrected chi connectivity index (χ0v) is 17.7. The number of benzene rings is 2. The molecule has 0 amide bonds. The zero-order valence-electron chi connectivity index (χ0n) is 17.7. The molecule has 3 rings (SSSR count). The van der Waals surface area contributed by atoms with Crippen molar-refractivity contribution in [3.8, 4) is 11.5 Å². The van der Waals surface area contributed by atoms with Crippen LogP contribution in [0.3, 0.4) is 0 Å². The fourth-order valence-corrected chi connectivity index (χ4v) is 3.33. The number of allylic oxidation sites excluding steroid dienone is 1. The standard InChI is InChI=1S/C14H19NO.C10H14O/c1-5-16-11-6-7-13-12(8-11)10(2)9-14(3,4)15-13;1-10(2,3)8-6-4-5-7-9(8)11/h6-9,15H,5H2,1-4H3;4-7,11H,1-3H3. The van der Waals surface area contributed by atoms with Gasteiger partial charge >= 0.3 is 0 Å². The molecule has 1 aliphatic heterocycles. The molecule has 2 aromatic carbocycles. The van der Waals surface area contributed by atoms with E-state index in [0.717, 1.165) is 11.3 Å². The fraction of sp³-hybridized carbons (Fsp3) is 0.417. The average Bonchev–Trinajstić information content (AvgIpc) is 2.55. The van der Waals surface area contributed by atoms with Crippen LogP contribution in [0.1, 0.15) is 59.6 Å². The fourth-order valence-electron chi connectivity index (χ4n) is 3.33. The molecule has 1 heterocycles. The molecule has 3 heteroatoms. The highest BCUT2D eigenvalue weighted by molar-refractivity contribution is 5.80. The Balaban J connectivity index is 0.000000208. The van der Waals surface area contributed by atoms with Crippen LogP contribution in [0.15, 0.2) is 48.5 Å². The minimum Gasteiger partial charge on any atom is -0.508 e. The number of ether oxygens (including phenoxy) is 1. The number of hydrogen-bond donors (Lipinski definition) is 2. The zero-order chi connectivity index (χ0) is 20.2. The van der Waals surface area contributed by atoms with Gasteiger partial charge in [-0.05, 0) is 68.5 Å². The lowest BCUT2D eigenvalue weighted by Crippen LogP contribution is -2.31. The molecular weight excluding hydrogens is 334 g/mol. The topological polar surface area (TPSA) is 41.5 Å².